The number of aromatic nitrogens is 6. The Labute approximate surface area is 189 Å². The van der Waals surface area contributed by atoms with Crippen LogP contribution in [0, 0.1) is 0 Å². The number of nitrogen functional groups attached to an aromatic ring is 1. The van der Waals surface area contributed by atoms with Crippen LogP contribution in [0.25, 0.3) is 22.6 Å². The zero-order valence-electron chi connectivity index (χ0n) is 17.4. The number of carbonyl (C=O) groups excluding carboxylic acids is 1. The van der Waals surface area contributed by atoms with Gasteiger partial charge in [0.15, 0.2) is 11.5 Å². The van der Waals surface area contributed by atoms with Crippen LogP contribution in [-0.2, 0) is 11.3 Å². The fourth-order valence-corrected chi connectivity index (χ4v) is 4.26. The summed E-state index contributed by atoms with van der Waals surface area (Å²) in [5.41, 5.74) is 8.22. The Kier molecular flexibility index (Phi) is 5.14. The standard InChI is InChI=1S/C21H22ClN9O/c1-13-10-29(15-4-2-14(22)3-5-15)8-9-30(13)16(32)11-31-21-17(19(23)26-12-27-21)18(28-31)20-24-6-7-25-20/h2-7,12-13H,8-11H2,1H3,(H,24,25)(H2,23,26,27). The number of anilines is 2. The number of nitrogens with zero attached hydrogens (tertiary/aromatic N) is 7. The number of imidazole rings is 1. The maximum absolute atomic E-state index is 13.2. The maximum atomic E-state index is 13.2. The lowest BCUT2D eigenvalue weighted by Gasteiger charge is -2.41. The highest BCUT2D eigenvalue weighted by molar-refractivity contribution is 6.30. The summed E-state index contributed by atoms with van der Waals surface area (Å²) < 4.78 is 1.58. The molecule has 0 aliphatic carbocycles. The quantitative estimate of drug-likeness (QED) is 0.487. The average Bonchev–Trinajstić information content (AvgIpc) is 3.43. The number of halogens is 1. The van der Waals surface area contributed by atoms with Crippen LogP contribution in [0.1, 0.15) is 6.92 Å². The van der Waals surface area contributed by atoms with Gasteiger partial charge < -0.3 is 20.5 Å². The van der Waals surface area contributed by atoms with Gasteiger partial charge in [0.05, 0.1) is 5.39 Å². The molecule has 164 valence electrons. The highest BCUT2D eigenvalue weighted by atomic mass is 35.5. The summed E-state index contributed by atoms with van der Waals surface area (Å²) >= 11 is 6.00. The first kappa shape index (κ1) is 20.3. The van der Waals surface area contributed by atoms with Crippen molar-refractivity contribution in [1.82, 2.24) is 34.6 Å². The number of hydrogen-bond acceptors (Lipinski definition) is 7. The highest BCUT2D eigenvalue weighted by Gasteiger charge is 2.29. The van der Waals surface area contributed by atoms with E-state index in [4.69, 9.17) is 17.3 Å². The second-order valence-electron chi connectivity index (χ2n) is 7.76. The van der Waals surface area contributed by atoms with E-state index >= 15 is 0 Å². The smallest absolute Gasteiger partial charge is 0.244 e. The van der Waals surface area contributed by atoms with Gasteiger partial charge in [0.2, 0.25) is 5.91 Å². The van der Waals surface area contributed by atoms with E-state index in [1.165, 1.54) is 6.33 Å². The molecule has 1 fully saturated rings. The molecule has 3 aromatic heterocycles. The summed E-state index contributed by atoms with van der Waals surface area (Å²) in [6, 6.07) is 7.81. The van der Waals surface area contributed by atoms with Crippen molar-refractivity contribution in [2.75, 3.05) is 30.3 Å². The number of benzene rings is 1. The number of amides is 1. The maximum Gasteiger partial charge on any atom is 0.244 e. The fourth-order valence-electron chi connectivity index (χ4n) is 4.13. The number of rotatable bonds is 4. The van der Waals surface area contributed by atoms with E-state index in [0.717, 1.165) is 18.8 Å². The van der Waals surface area contributed by atoms with Gasteiger partial charge in [0.25, 0.3) is 0 Å². The first-order valence-corrected chi connectivity index (χ1v) is 10.7. The van der Waals surface area contributed by atoms with Crippen molar-refractivity contribution < 1.29 is 4.79 Å². The lowest BCUT2D eigenvalue weighted by atomic mass is 10.1. The molecule has 0 radical (unpaired) electrons. The number of nitrogens with two attached hydrogens (primary N) is 1. The van der Waals surface area contributed by atoms with Crippen LogP contribution < -0.4 is 10.6 Å². The molecule has 5 rings (SSSR count). The van der Waals surface area contributed by atoms with Crippen LogP contribution in [0.15, 0.2) is 43.0 Å². The summed E-state index contributed by atoms with van der Waals surface area (Å²) in [5.74, 6) is 0.818. The average molecular weight is 452 g/mol. The first-order chi connectivity index (χ1) is 15.5. The van der Waals surface area contributed by atoms with Crippen LogP contribution >= 0.6 is 11.6 Å². The number of nitrogens with one attached hydrogen (secondary N) is 1. The van der Waals surface area contributed by atoms with Gasteiger partial charge in [-0.3, -0.25) is 4.79 Å². The molecule has 1 unspecified atom stereocenters. The van der Waals surface area contributed by atoms with E-state index in [1.807, 2.05) is 29.2 Å². The molecule has 0 spiro atoms. The number of piperazine rings is 1. The van der Waals surface area contributed by atoms with E-state index in [2.05, 4.69) is 36.9 Å². The lowest BCUT2D eigenvalue weighted by Crippen LogP contribution is -2.54. The summed E-state index contributed by atoms with van der Waals surface area (Å²) in [6.45, 7) is 4.20. The van der Waals surface area contributed by atoms with Gasteiger partial charge in [0, 0.05) is 48.8 Å². The van der Waals surface area contributed by atoms with Crippen molar-refractivity contribution >= 4 is 40.0 Å². The van der Waals surface area contributed by atoms with Crippen LogP contribution in [0.4, 0.5) is 11.5 Å². The Balaban J connectivity index is 1.36. The summed E-state index contributed by atoms with van der Waals surface area (Å²) in [4.78, 5) is 33.1. The Morgan fingerprint density at radius 3 is 2.75 bits per heavy atom. The minimum Gasteiger partial charge on any atom is -0.383 e. The molecular formula is C21H22ClN9O. The number of aromatic amines is 1. The zero-order valence-corrected chi connectivity index (χ0v) is 18.2. The first-order valence-electron chi connectivity index (χ1n) is 10.3. The van der Waals surface area contributed by atoms with Gasteiger partial charge in [-0.15, -0.1) is 0 Å². The number of H-pyrrole nitrogens is 1. The van der Waals surface area contributed by atoms with Crippen LogP contribution in [-0.4, -0.2) is 66.2 Å². The third-order valence-electron chi connectivity index (χ3n) is 5.71. The van der Waals surface area contributed by atoms with Gasteiger partial charge in [-0.05, 0) is 31.2 Å². The molecule has 4 aromatic rings. The van der Waals surface area contributed by atoms with Crippen molar-refractivity contribution in [3.63, 3.8) is 0 Å². The lowest BCUT2D eigenvalue weighted by molar-refractivity contribution is -0.134. The normalized spacial score (nSPS) is 16.6. The van der Waals surface area contributed by atoms with E-state index < -0.39 is 0 Å². The number of hydrogen-bond donors (Lipinski definition) is 2. The van der Waals surface area contributed by atoms with E-state index in [0.29, 0.717) is 39.9 Å². The second kappa shape index (κ2) is 8.12. The molecule has 1 atom stereocenters. The van der Waals surface area contributed by atoms with Crippen LogP contribution in [0.3, 0.4) is 0 Å². The second-order valence-corrected chi connectivity index (χ2v) is 8.20. The molecule has 1 aliphatic heterocycles. The van der Waals surface area contributed by atoms with Crippen molar-refractivity contribution in [2.45, 2.75) is 19.5 Å². The summed E-state index contributed by atoms with van der Waals surface area (Å²) in [5, 5.41) is 5.88. The van der Waals surface area contributed by atoms with Gasteiger partial charge in [0.1, 0.15) is 24.4 Å². The van der Waals surface area contributed by atoms with E-state index in [-0.39, 0.29) is 18.5 Å². The van der Waals surface area contributed by atoms with Crippen molar-refractivity contribution in [2.24, 2.45) is 0 Å². The van der Waals surface area contributed by atoms with Crippen molar-refractivity contribution in [1.29, 1.82) is 0 Å². The van der Waals surface area contributed by atoms with Crippen LogP contribution in [0.5, 0.6) is 0 Å². The molecule has 11 heteroatoms. The molecule has 3 N–H and O–H groups in total. The Morgan fingerprint density at radius 2 is 2.03 bits per heavy atom. The number of fused-ring (bicyclic) bond motifs is 1. The third-order valence-corrected chi connectivity index (χ3v) is 5.96. The topological polar surface area (TPSA) is 122 Å². The molecule has 4 heterocycles. The van der Waals surface area contributed by atoms with Crippen LogP contribution in [0.2, 0.25) is 5.02 Å². The predicted molar refractivity (Wildman–Crippen MR) is 122 cm³/mol. The van der Waals surface area contributed by atoms with Gasteiger partial charge in [-0.25, -0.2) is 19.6 Å². The highest BCUT2D eigenvalue weighted by Crippen LogP contribution is 2.28. The van der Waals surface area contributed by atoms with Crippen molar-refractivity contribution in [3.8, 4) is 11.5 Å². The van der Waals surface area contributed by atoms with Gasteiger partial charge in [-0.2, -0.15) is 5.10 Å². The molecule has 1 aromatic carbocycles. The van der Waals surface area contributed by atoms with E-state index in [9.17, 15) is 4.79 Å². The van der Waals surface area contributed by atoms with Gasteiger partial charge in [-0.1, -0.05) is 11.6 Å². The predicted octanol–water partition coefficient (Wildman–Crippen LogP) is 2.19. The Bertz CT molecular complexity index is 1250. The third kappa shape index (κ3) is 3.62. The molecule has 10 nitrogen and oxygen atoms in total. The Hall–Kier alpha value is -3.66. The summed E-state index contributed by atoms with van der Waals surface area (Å²) in [6.07, 6.45) is 4.71. The minimum atomic E-state index is -0.0270. The molecule has 1 amide bonds. The monoisotopic (exact) mass is 451 g/mol. The largest absolute Gasteiger partial charge is 0.383 e. The molecule has 32 heavy (non-hydrogen) atoms. The minimum absolute atomic E-state index is 0.0270. The molecule has 1 saturated heterocycles. The van der Waals surface area contributed by atoms with E-state index in [1.54, 1.807) is 17.1 Å². The summed E-state index contributed by atoms with van der Waals surface area (Å²) in [7, 11) is 0. The Morgan fingerprint density at radius 1 is 1.22 bits per heavy atom. The molecule has 0 bridgehead atoms. The van der Waals surface area contributed by atoms with Gasteiger partial charge >= 0.3 is 0 Å². The molecule has 1 aliphatic rings. The molecule has 0 saturated carbocycles. The van der Waals surface area contributed by atoms with Crippen molar-refractivity contribution in [3.05, 3.63) is 48.0 Å². The SMILES string of the molecule is CC1CN(c2ccc(Cl)cc2)CCN1C(=O)Cn1nc(-c2ncc[nH]2)c2c(N)ncnc21. The fraction of sp³-hybridized carbons (Fsp3) is 0.286. The molecular weight excluding hydrogens is 430 g/mol. The number of carbonyl (C=O) groups is 1. The zero-order chi connectivity index (χ0) is 22.2.